The number of carbonyl (C=O) groups is 1. The van der Waals surface area contributed by atoms with Crippen LogP contribution in [-0.4, -0.2) is 30.7 Å². The molecule has 3 N–H and O–H groups in total. The van der Waals surface area contributed by atoms with E-state index >= 15 is 0 Å². The van der Waals surface area contributed by atoms with Crippen LogP contribution < -0.4 is 10.6 Å². The number of carboxylic acid groups (broad SMARTS) is 1. The first-order valence-electron chi connectivity index (χ1n) is 6.43. The standard InChI is InChI=1S/C15H24N2O2/c1-10-8-11(15(2,3)4)6-7-13(10)17(5)9-12(16)14(18)19/h6-8,12H,9,16H2,1-5H3,(H,18,19). The Morgan fingerprint density at radius 3 is 2.42 bits per heavy atom. The van der Waals surface area contributed by atoms with Crippen LogP contribution in [0.3, 0.4) is 0 Å². The highest BCUT2D eigenvalue weighted by atomic mass is 16.4. The van der Waals surface area contributed by atoms with E-state index in [1.165, 1.54) is 5.56 Å². The lowest BCUT2D eigenvalue weighted by atomic mass is 9.86. The molecule has 4 nitrogen and oxygen atoms in total. The van der Waals surface area contributed by atoms with Crippen LogP contribution >= 0.6 is 0 Å². The van der Waals surface area contributed by atoms with Crippen molar-refractivity contribution in [3.05, 3.63) is 29.3 Å². The molecule has 106 valence electrons. The molecule has 0 aromatic heterocycles. The van der Waals surface area contributed by atoms with E-state index in [2.05, 4.69) is 32.9 Å². The molecule has 0 bridgehead atoms. The molecule has 1 aromatic rings. The van der Waals surface area contributed by atoms with Gasteiger partial charge in [0.05, 0.1) is 0 Å². The molecule has 0 saturated heterocycles. The van der Waals surface area contributed by atoms with Crippen molar-refractivity contribution in [2.75, 3.05) is 18.5 Å². The molecular formula is C15H24N2O2. The number of aliphatic carboxylic acids is 1. The first-order valence-corrected chi connectivity index (χ1v) is 6.43. The molecule has 19 heavy (non-hydrogen) atoms. The van der Waals surface area contributed by atoms with E-state index in [0.717, 1.165) is 11.3 Å². The SMILES string of the molecule is Cc1cc(C(C)(C)C)ccc1N(C)CC(N)C(=O)O. The zero-order valence-corrected chi connectivity index (χ0v) is 12.4. The maximum atomic E-state index is 10.8. The highest BCUT2D eigenvalue weighted by molar-refractivity contribution is 5.74. The Labute approximate surface area is 115 Å². The highest BCUT2D eigenvalue weighted by Gasteiger charge is 2.18. The summed E-state index contributed by atoms with van der Waals surface area (Å²) in [4.78, 5) is 12.7. The molecule has 0 heterocycles. The Balaban J connectivity index is 2.94. The Morgan fingerprint density at radius 1 is 1.42 bits per heavy atom. The van der Waals surface area contributed by atoms with Crippen LogP contribution in [0.1, 0.15) is 31.9 Å². The molecule has 0 spiro atoms. The van der Waals surface area contributed by atoms with Gasteiger partial charge in [0.1, 0.15) is 6.04 Å². The molecule has 0 aliphatic rings. The number of benzene rings is 1. The van der Waals surface area contributed by atoms with Gasteiger partial charge < -0.3 is 15.7 Å². The molecule has 1 rings (SSSR count). The Morgan fingerprint density at radius 2 is 2.00 bits per heavy atom. The van der Waals surface area contributed by atoms with Gasteiger partial charge in [-0.05, 0) is 29.5 Å². The van der Waals surface area contributed by atoms with Gasteiger partial charge in [0.2, 0.25) is 0 Å². The monoisotopic (exact) mass is 264 g/mol. The van der Waals surface area contributed by atoms with Crippen LogP contribution in [0.15, 0.2) is 18.2 Å². The summed E-state index contributed by atoms with van der Waals surface area (Å²) in [5.74, 6) is -0.976. The van der Waals surface area contributed by atoms with E-state index < -0.39 is 12.0 Å². The lowest BCUT2D eigenvalue weighted by Gasteiger charge is -2.26. The van der Waals surface area contributed by atoms with E-state index in [9.17, 15) is 4.79 Å². The molecule has 0 saturated carbocycles. The fourth-order valence-electron chi connectivity index (χ4n) is 2.02. The van der Waals surface area contributed by atoms with Crippen molar-refractivity contribution in [2.24, 2.45) is 5.73 Å². The molecule has 4 heteroatoms. The molecule has 0 aliphatic carbocycles. The van der Waals surface area contributed by atoms with Gasteiger partial charge in [0.15, 0.2) is 0 Å². The minimum absolute atomic E-state index is 0.110. The van der Waals surface area contributed by atoms with Crippen molar-refractivity contribution < 1.29 is 9.90 Å². The molecule has 1 unspecified atom stereocenters. The topological polar surface area (TPSA) is 66.6 Å². The number of aryl methyl sites for hydroxylation is 1. The summed E-state index contributed by atoms with van der Waals surface area (Å²) >= 11 is 0. The summed E-state index contributed by atoms with van der Waals surface area (Å²) in [7, 11) is 1.86. The third-order valence-corrected chi connectivity index (χ3v) is 3.26. The summed E-state index contributed by atoms with van der Waals surface area (Å²) in [5, 5.41) is 8.85. The maximum Gasteiger partial charge on any atom is 0.322 e. The van der Waals surface area contributed by atoms with Crippen molar-refractivity contribution in [1.82, 2.24) is 0 Å². The average Bonchev–Trinajstić information content (AvgIpc) is 2.27. The van der Waals surface area contributed by atoms with Gasteiger partial charge >= 0.3 is 5.97 Å². The predicted molar refractivity (Wildman–Crippen MR) is 78.8 cm³/mol. The largest absolute Gasteiger partial charge is 0.480 e. The first kappa shape index (κ1) is 15.5. The lowest BCUT2D eigenvalue weighted by molar-refractivity contribution is -0.138. The van der Waals surface area contributed by atoms with Crippen LogP contribution in [-0.2, 0) is 10.2 Å². The van der Waals surface area contributed by atoms with Crippen molar-refractivity contribution >= 4 is 11.7 Å². The second-order valence-electron chi connectivity index (χ2n) is 6.08. The van der Waals surface area contributed by atoms with Crippen molar-refractivity contribution in [2.45, 2.75) is 39.2 Å². The maximum absolute atomic E-state index is 10.8. The lowest BCUT2D eigenvalue weighted by Crippen LogP contribution is -2.41. The summed E-state index contributed by atoms with van der Waals surface area (Å²) in [6.45, 7) is 8.85. The smallest absolute Gasteiger partial charge is 0.322 e. The predicted octanol–water partition coefficient (Wildman–Crippen LogP) is 2.14. The van der Waals surface area contributed by atoms with Crippen molar-refractivity contribution in [3.63, 3.8) is 0 Å². The van der Waals surface area contributed by atoms with E-state index in [-0.39, 0.29) is 5.41 Å². The second kappa shape index (κ2) is 5.61. The van der Waals surface area contributed by atoms with Gasteiger partial charge in [-0.3, -0.25) is 4.79 Å². The fourth-order valence-corrected chi connectivity index (χ4v) is 2.02. The molecule has 1 atom stereocenters. The number of nitrogens with two attached hydrogens (primary N) is 1. The molecule has 1 aromatic carbocycles. The Hall–Kier alpha value is -1.55. The van der Waals surface area contributed by atoms with Crippen LogP contribution in [0.2, 0.25) is 0 Å². The van der Waals surface area contributed by atoms with E-state index in [1.54, 1.807) is 0 Å². The van der Waals surface area contributed by atoms with Crippen molar-refractivity contribution in [1.29, 1.82) is 0 Å². The van der Waals surface area contributed by atoms with Crippen LogP contribution in [0, 0.1) is 6.92 Å². The quantitative estimate of drug-likeness (QED) is 0.874. The number of rotatable bonds is 4. The van der Waals surface area contributed by atoms with Gasteiger partial charge in [-0.1, -0.05) is 32.9 Å². The third-order valence-electron chi connectivity index (χ3n) is 3.26. The first-order chi connectivity index (χ1) is 8.62. The van der Waals surface area contributed by atoms with E-state index in [0.29, 0.717) is 6.54 Å². The number of hydrogen-bond donors (Lipinski definition) is 2. The minimum atomic E-state index is -0.976. The van der Waals surface area contributed by atoms with Gasteiger partial charge in [0.25, 0.3) is 0 Å². The number of anilines is 1. The van der Waals surface area contributed by atoms with Crippen LogP contribution in [0.25, 0.3) is 0 Å². The summed E-state index contributed by atoms with van der Waals surface area (Å²) in [6.07, 6.45) is 0. The average molecular weight is 264 g/mol. The van der Waals surface area contributed by atoms with Gasteiger partial charge in [0, 0.05) is 19.3 Å². The molecule has 0 fully saturated rings. The number of carboxylic acids is 1. The Bertz CT molecular complexity index is 464. The third kappa shape index (κ3) is 3.96. The normalized spacial score (nSPS) is 13.2. The van der Waals surface area contributed by atoms with Gasteiger partial charge in [-0.15, -0.1) is 0 Å². The zero-order chi connectivity index (χ0) is 14.8. The molecule has 0 aliphatic heterocycles. The summed E-state index contributed by atoms with van der Waals surface area (Å²) < 4.78 is 0. The van der Waals surface area contributed by atoms with Crippen molar-refractivity contribution in [3.8, 4) is 0 Å². The second-order valence-corrected chi connectivity index (χ2v) is 6.08. The van der Waals surface area contributed by atoms with Gasteiger partial charge in [-0.25, -0.2) is 0 Å². The van der Waals surface area contributed by atoms with E-state index in [1.807, 2.05) is 24.9 Å². The number of likely N-dealkylation sites (N-methyl/N-ethyl adjacent to an activating group) is 1. The highest BCUT2D eigenvalue weighted by Crippen LogP contribution is 2.27. The van der Waals surface area contributed by atoms with Crippen LogP contribution in [0.4, 0.5) is 5.69 Å². The summed E-state index contributed by atoms with van der Waals surface area (Å²) in [5.41, 5.74) is 9.09. The van der Waals surface area contributed by atoms with Crippen LogP contribution in [0.5, 0.6) is 0 Å². The van der Waals surface area contributed by atoms with E-state index in [4.69, 9.17) is 10.8 Å². The minimum Gasteiger partial charge on any atom is -0.480 e. The van der Waals surface area contributed by atoms with Gasteiger partial charge in [-0.2, -0.15) is 0 Å². The molecular weight excluding hydrogens is 240 g/mol. The molecule has 0 amide bonds. The Kier molecular flexibility index (Phi) is 4.58. The number of nitrogens with zero attached hydrogens (tertiary/aromatic N) is 1. The number of hydrogen-bond acceptors (Lipinski definition) is 3. The fraction of sp³-hybridized carbons (Fsp3) is 0.533. The summed E-state index contributed by atoms with van der Waals surface area (Å²) in [6, 6.07) is 5.40. The molecule has 0 radical (unpaired) electrons. The zero-order valence-electron chi connectivity index (χ0n) is 12.4.